The Morgan fingerprint density at radius 1 is 1.36 bits per heavy atom. The van der Waals surface area contributed by atoms with E-state index in [4.69, 9.17) is 4.74 Å². The van der Waals surface area contributed by atoms with Crippen molar-refractivity contribution in [3.05, 3.63) is 0 Å². The van der Waals surface area contributed by atoms with Gasteiger partial charge in [0.25, 0.3) is 0 Å². The van der Waals surface area contributed by atoms with E-state index in [-0.39, 0.29) is 11.8 Å². The van der Waals surface area contributed by atoms with Gasteiger partial charge in [-0.15, -0.1) is 0 Å². The number of nitrogens with one attached hydrogen (secondary N) is 1. The number of hydrogen-bond acceptors (Lipinski definition) is 4. The molecule has 0 bridgehead atoms. The summed E-state index contributed by atoms with van der Waals surface area (Å²) in [6.45, 7) is 0.733. The molecule has 0 aliphatic rings. The van der Waals surface area contributed by atoms with Crippen molar-refractivity contribution >= 4 is 9.84 Å². The van der Waals surface area contributed by atoms with E-state index in [0.717, 1.165) is 19.4 Å². The number of ether oxygens (including phenoxy) is 1. The van der Waals surface area contributed by atoms with Gasteiger partial charge in [-0.2, -0.15) is 0 Å². The highest BCUT2D eigenvalue weighted by Gasteiger charge is 2.09. The Morgan fingerprint density at radius 2 is 2.00 bits per heavy atom. The number of hydrogen-bond donors (Lipinski definition) is 1. The number of methoxy groups -OCH3 is 1. The van der Waals surface area contributed by atoms with Crippen LogP contribution in [0.1, 0.15) is 19.3 Å². The maximum Gasteiger partial charge on any atom is 0.147 e. The van der Waals surface area contributed by atoms with Crippen molar-refractivity contribution in [1.82, 2.24) is 5.32 Å². The fourth-order valence-electron chi connectivity index (χ4n) is 1.26. The molecule has 0 aromatic carbocycles. The van der Waals surface area contributed by atoms with Crippen LogP contribution in [0.3, 0.4) is 0 Å². The first-order chi connectivity index (χ1) is 6.49. The van der Waals surface area contributed by atoms with Crippen LogP contribution in [-0.2, 0) is 14.6 Å². The normalized spacial score (nSPS) is 14.2. The summed E-state index contributed by atoms with van der Waals surface area (Å²) in [6.07, 6.45) is 3.87. The zero-order valence-corrected chi connectivity index (χ0v) is 10.1. The fourth-order valence-corrected chi connectivity index (χ4v) is 1.98. The third-order valence-corrected chi connectivity index (χ3v) is 3.12. The molecule has 1 unspecified atom stereocenters. The highest BCUT2D eigenvalue weighted by Crippen LogP contribution is 2.03. The molecular formula is C9H21NO3S. The minimum atomic E-state index is -2.83. The van der Waals surface area contributed by atoms with E-state index in [1.807, 2.05) is 7.05 Å². The van der Waals surface area contributed by atoms with Crippen LogP contribution in [0.25, 0.3) is 0 Å². The molecule has 0 amide bonds. The molecule has 0 saturated carbocycles. The quantitative estimate of drug-likeness (QED) is 0.607. The van der Waals surface area contributed by atoms with Crippen molar-refractivity contribution < 1.29 is 13.2 Å². The van der Waals surface area contributed by atoms with Gasteiger partial charge in [-0.05, 0) is 26.3 Å². The predicted octanol–water partition coefficient (Wildman–Crippen LogP) is 0.436. The molecule has 1 N–H and O–H groups in total. The van der Waals surface area contributed by atoms with Crippen molar-refractivity contribution in [3.8, 4) is 0 Å². The zero-order chi connectivity index (χ0) is 11.0. The standard InChI is InChI=1S/C9H21NO3S/c1-10-9(5-4-7-13-2)6-8-14(3,11)12/h9-10H,4-8H2,1-3H3. The summed E-state index contributed by atoms with van der Waals surface area (Å²) in [5, 5.41) is 3.11. The van der Waals surface area contributed by atoms with Crippen LogP contribution in [0.2, 0.25) is 0 Å². The van der Waals surface area contributed by atoms with E-state index >= 15 is 0 Å². The highest BCUT2D eigenvalue weighted by molar-refractivity contribution is 7.90. The summed E-state index contributed by atoms with van der Waals surface area (Å²) in [7, 11) is 0.701. The summed E-state index contributed by atoms with van der Waals surface area (Å²) in [5.41, 5.74) is 0. The van der Waals surface area contributed by atoms with Crippen LogP contribution < -0.4 is 5.32 Å². The maximum absolute atomic E-state index is 10.9. The maximum atomic E-state index is 10.9. The average Bonchev–Trinajstić information content (AvgIpc) is 2.09. The minimum Gasteiger partial charge on any atom is -0.385 e. The molecule has 4 nitrogen and oxygen atoms in total. The highest BCUT2D eigenvalue weighted by atomic mass is 32.2. The van der Waals surface area contributed by atoms with Crippen LogP contribution in [0, 0.1) is 0 Å². The second-order valence-corrected chi connectivity index (χ2v) is 5.80. The van der Waals surface area contributed by atoms with Gasteiger partial charge in [0.15, 0.2) is 0 Å². The van der Waals surface area contributed by atoms with Crippen molar-refractivity contribution in [2.45, 2.75) is 25.3 Å². The van der Waals surface area contributed by atoms with Gasteiger partial charge in [-0.25, -0.2) is 8.42 Å². The van der Waals surface area contributed by atoms with Gasteiger partial charge in [0, 0.05) is 26.0 Å². The van der Waals surface area contributed by atoms with Gasteiger partial charge in [0.2, 0.25) is 0 Å². The lowest BCUT2D eigenvalue weighted by Gasteiger charge is -2.14. The van der Waals surface area contributed by atoms with E-state index in [1.54, 1.807) is 7.11 Å². The molecule has 14 heavy (non-hydrogen) atoms. The van der Waals surface area contributed by atoms with E-state index < -0.39 is 9.84 Å². The van der Waals surface area contributed by atoms with Gasteiger partial charge >= 0.3 is 0 Å². The summed E-state index contributed by atoms with van der Waals surface area (Å²) in [4.78, 5) is 0. The Hall–Kier alpha value is -0.130. The van der Waals surface area contributed by atoms with Crippen molar-refractivity contribution in [1.29, 1.82) is 0 Å². The largest absolute Gasteiger partial charge is 0.385 e. The fraction of sp³-hybridized carbons (Fsp3) is 1.00. The molecule has 0 heterocycles. The molecule has 1 atom stereocenters. The monoisotopic (exact) mass is 223 g/mol. The molecule has 86 valence electrons. The van der Waals surface area contributed by atoms with Crippen LogP contribution in [-0.4, -0.2) is 47.2 Å². The minimum absolute atomic E-state index is 0.255. The molecule has 0 spiro atoms. The van der Waals surface area contributed by atoms with Crippen LogP contribution in [0.4, 0.5) is 0 Å². The average molecular weight is 223 g/mol. The molecular weight excluding hydrogens is 202 g/mol. The molecule has 0 radical (unpaired) electrons. The lowest BCUT2D eigenvalue weighted by atomic mass is 10.1. The van der Waals surface area contributed by atoms with Crippen LogP contribution >= 0.6 is 0 Å². The van der Waals surface area contributed by atoms with Crippen LogP contribution in [0.5, 0.6) is 0 Å². The van der Waals surface area contributed by atoms with Crippen molar-refractivity contribution in [2.24, 2.45) is 0 Å². The number of sulfone groups is 1. The summed E-state index contributed by atoms with van der Waals surface area (Å²) in [6, 6.07) is 0.278. The molecule has 0 aliphatic carbocycles. The summed E-state index contributed by atoms with van der Waals surface area (Å²) < 4.78 is 26.8. The van der Waals surface area contributed by atoms with Crippen molar-refractivity contribution in [3.63, 3.8) is 0 Å². The molecule has 0 aromatic rings. The Labute approximate surface area is 86.9 Å². The summed E-state index contributed by atoms with van der Waals surface area (Å²) >= 11 is 0. The van der Waals surface area contributed by atoms with Gasteiger partial charge in [-0.1, -0.05) is 0 Å². The Morgan fingerprint density at radius 3 is 2.43 bits per heavy atom. The van der Waals surface area contributed by atoms with E-state index in [9.17, 15) is 8.42 Å². The van der Waals surface area contributed by atoms with Gasteiger partial charge < -0.3 is 10.1 Å². The Balaban J connectivity index is 3.69. The number of rotatable bonds is 8. The smallest absolute Gasteiger partial charge is 0.147 e. The first-order valence-corrected chi connectivity index (χ1v) is 6.89. The first-order valence-electron chi connectivity index (χ1n) is 4.83. The van der Waals surface area contributed by atoms with Gasteiger partial charge in [0.05, 0.1) is 5.75 Å². The lowest BCUT2D eigenvalue weighted by molar-refractivity contribution is 0.189. The van der Waals surface area contributed by atoms with E-state index in [0.29, 0.717) is 6.42 Å². The molecule has 0 aromatic heterocycles. The molecule has 0 aliphatic heterocycles. The topological polar surface area (TPSA) is 55.4 Å². The third kappa shape index (κ3) is 8.47. The third-order valence-electron chi connectivity index (χ3n) is 2.15. The molecule has 0 rings (SSSR count). The molecule has 0 fully saturated rings. The lowest BCUT2D eigenvalue weighted by Crippen LogP contribution is -2.28. The van der Waals surface area contributed by atoms with E-state index in [1.165, 1.54) is 6.26 Å². The first kappa shape index (κ1) is 13.9. The van der Waals surface area contributed by atoms with Crippen molar-refractivity contribution in [2.75, 3.05) is 32.8 Å². The molecule has 0 saturated heterocycles. The Bertz CT molecular complexity index is 226. The Kier molecular flexibility index (Phi) is 7.13. The van der Waals surface area contributed by atoms with Gasteiger partial charge in [-0.3, -0.25) is 0 Å². The van der Waals surface area contributed by atoms with Gasteiger partial charge in [0.1, 0.15) is 9.84 Å². The van der Waals surface area contributed by atoms with Crippen LogP contribution in [0.15, 0.2) is 0 Å². The van der Waals surface area contributed by atoms with E-state index in [2.05, 4.69) is 5.32 Å². The zero-order valence-electron chi connectivity index (χ0n) is 9.25. The second-order valence-electron chi connectivity index (χ2n) is 3.54. The molecule has 5 heteroatoms. The second kappa shape index (κ2) is 7.20. The summed E-state index contributed by atoms with van der Waals surface area (Å²) in [5.74, 6) is 0.255. The SMILES string of the molecule is CNC(CCCOC)CCS(C)(=O)=O. The predicted molar refractivity (Wildman–Crippen MR) is 58.3 cm³/mol.